The van der Waals surface area contributed by atoms with Crippen LogP contribution in [0.25, 0.3) is 22.3 Å². The van der Waals surface area contributed by atoms with Crippen molar-refractivity contribution in [3.63, 3.8) is 0 Å². The summed E-state index contributed by atoms with van der Waals surface area (Å²) in [4.78, 5) is 12.2. The van der Waals surface area contributed by atoms with E-state index in [0.717, 1.165) is 45.7 Å². The van der Waals surface area contributed by atoms with E-state index in [9.17, 15) is 0 Å². The van der Waals surface area contributed by atoms with Crippen molar-refractivity contribution in [1.82, 2.24) is 9.97 Å². The number of anilines is 1. The summed E-state index contributed by atoms with van der Waals surface area (Å²) in [7, 11) is 0. The fourth-order valence-corrected chi connectivity index (χ4v) is 3.58. The molecule has 0 N–H and O–H groups in total. The summed E-state index contributed by atoms with van der Waals surface area (Å²) in [5.74, 6) is 1.89. The second-order valence-electron chi connectivity index (χ2n) is 6.30. The number of nitrogens with zero attached hydrogens (tertiary/aromatic N) is 3. The highest BCUT2D eigenvalue weighted by Gasteiger charge is 2.16. The molecule has 0 atom stereocenters. The maximum Gasteiger partial charge on any atom is 0.162 e. The van der Waals surface area contributed by atoms with Gasteiger partial charge >= 0.3 is 0 Å². The lowest BCUT2D eigenvalue weighted by molar-refractivity contribution is 0.726. The van der Waals surface area contributed by atoms with E-state index in [1.54, 1.807) is 0 Å². The number of benzene rings is 2. The van der Waals surface area contributed by atoms with Gasteiger partial charge in [-0.05, 0) is 37.1 Å². The van der Waals surface area contributed by atoms with Crippen LogP contribution in [0.5, 0.6) is 0 Å². The third-order valence-electron chi connectivity index (χ3n) is 4.59. The van der Waals surface area contributed by atoms with Crippen molar-refractivity contribution < 1.29 is 0 Å². The number of hydrogen-bond acceptors (Lipinski definition) is 3. The van der Waals surface area contributed by atoms with Gasteiger partial charge in [0.05, 0.1) is 5.52 Å². The minimum Gasteiger partial charge on any atom is -0.356 e. The van der Waals surface area contributed by atoms with Crippen molar-refractivity contribution >= 4 is 32.7 Å². The van der Waals surface area contributed by atoms with Crippen molar-refractivity contribution in [2.75, 3.05) is 18.0 Å². The van der Waals surface area contributed by atoms with Gasteiger partial charge < -0.3 is 4.90 Å². The zero-order valence-electron chi connectivity index (χ0n) is 13.6. The molecule has 0 unspecified atom stereocenters. The minimum absolute atomic E-state index is 0.806. The SMILES string of the molecule is Brc1ccc(-c2nc(N3CCCCCC3)c3ccccc3n2)cc1. The first-order valence-electron chi connectivity index (χ1n) is 8.59. The number of rotatable bonds is 2. The van der Waals surface area contributed by atoms with Gasteiger partial charge in [0.2, 0.25) is 0 Å². The summed E-state index contributed by atoms with van der Waals surface area (Å²) in [6, 6.07) is 16.6. The summed E-state index contributed by atoms with van der Waals surface area (Å²) in [6.07, 6.45) is 5.12. The summed E-state index contributed by atoms with van der Waals surface area (Å²) in [5.41, 5.74) is 2.07. The van der Waals surface area contributed by atoms with Gasteiger partial charge in [0.25, 0.3) is 0 Å². The van der Waals surface area contributed by atoms with E-state index in [1.165, 1.54) is 25.7 Å². The highest BCUT2D eigenvalue weighted by molar-refractivity contribution is 9.10. The Hall–Kier alpha value is -1.94. The van der Waals surface area contributed by atoms with Gasteiger partial charge in [0, 0.05) is 28.5 Å². The van der Waals surface area contributed by atoms with E-state index in [-0.39, 0.29) is 0 Å². The molecule has 0 amide bonds. The number of hydrogen-bond donors (Lipinski definition) is 0. The minimum atomic E-state index is 0.806. The number of fused-ring (bicyclic) bond motifs is 1. The Labute approximate surface area is 150 Å². The molecule has 4 heteroatoms. The molecule has 0 saturated carbocycles. The molecule has 1 aliphatic rings. The molecule has 1 aliphatic heterocycles. The van der Waals surface area contributed by atoms with Crippen LogP contribution in [0.4, 0.5) is 5.82 Å². The van der Waals surface area contributed by atoms with Crippen LogP contribution in [0.2, 0.25) is 0 Å². The lowest BCUT2D eigenvalue weighted by atomic mass is 10.1. The Kier molecular flexibility index (Phi) is 4.48. The molecule has 0 bridgehead atoms. The van der Waals surface area contributed by atoms with E-state index in [4.69, 9.17) is 9.97 Å². The van der Waals surface area contributed by atoms with Crippen molar-refractivity contribution in [2.24, 2.45) is 0 Å². The maximum atomic E-state index is 4.97. The highest BCUT2D eigenvalue weighted by atomic mass is 79.9. The average Bonchev–Trinajstić information content (AvgIpc) is 2.91. The van der Waals surface area contributed by atoms with Gasteiger partial charge in [0.1, 0.15) is 5.82 Å². The molecule has 4 rings (SSSR count). The van der Waals surface area contributed by atoms with E-state index in [2.05, 4.69) is 51.2 Å². The van der Waals surface area contributed by atoms with E-state index < -0.39 is 0 Å². The van der Waals surface area contributed by atoms with E-state index in [1.807, 2.05) is 18.2 Å². The lowest BCUT2D eigenvalue weighted by Gasteiger charge is -2.23. The predicted octanol–water partition coefficient (Wildman–Crippen LogP) is 5.44. The van der Waals surface area contributed by atoms with Crippen LogP contribution in [0.15, 0.2) is 53.0 Å². The molecule has 3 nitrogen and oxygen atoms in total. The third kappa shape index (κ3) is 3.16. The van der Waals surface area contributed by atoms with Gasteiger partial charge in [-0.25, -0.2) is 9.97 Å². The Morgan fingerprint density at radius 2 is 1.50 bits per heavy atom. The Balaban J connectivity index is 1.85. The molecule has 2 aromatic carbocycles. The second-order valence-corrected chi connectivity index (χ2v) is 7.21. The zero-order valence-corrected chi connectivity index (χ0v) is 15.2. The predicted molar refractivity (Wildman–Crippen MR) is 103 cm³/mol. The average molecular weight is 382 g/mol. The van der Waals surface area contributed by atoms with Gasteiger partial charge in [-0.15, -0.1) is 0 Å². The normalized spacial score (nSPS) is 15.5. The van der Waals surface area contributed by atoms with Crippen LogP contribution in [0.1, 0.15) is 25.7 Å². The lowest BCUT2D eigenvalue weighted by Crippen LogP contribution is -2.25. The summed E-state index contributed by atoms with van der Waals surface area (Å²) >= 11 is 3.49. The first kappa shape index (κ1) is 15.6. The molecule has 1 saturated heterocycles. The van der Waals surface area contributed by atoms with E-state index in [0.29, 0.717) is 0 Å². The van der Waals surface area contributed by atoms with Crippen LogP contribution in [-0.4, -0.2) is 23.1 Å². The van der Waals surface area contributed by atoms with Crippen LogP contribution in [0.3, 0.4) is 0 Å². The number of aromatic nitrogens is 2. The molecule has 1 aromatic heterocycles. The highest BCUT2D eigenvalue weighted by Crippen LogP contribution is 2.29. The molecular formula is C20H20BrN3. The molecule has 0 aliphatic carbocycles. The first-order valence-corrected chi connectivity index (χ1v) is 9.38. The van der Waals surface area contributed by atoms with Crippen molar-refractivity contribution in [2.45, 2.75) is 25.7 Å². The van der Waals surface area contributed by atoms with Gasteiger partial charge in [0.15, 0.2) is 5.82 Å². The monoisotopic (exact) mass is 381 g/mol. The Bertz CT molecular complexity index is 837. The van der Waals surface area contributed by atoms with Gasteiger partial charge in [-0.3, -0.25) is 0 Å². The molecule has 0 radical (unpaired) electrons. The quantitative estimate of drug-likeness (QED) is 0.591. The maximum absolute atomic E-state index is 4.97. The van der Waals surface area contributed by atoms with E-state index >= 15 is 0 Å². The standard InChI is InChI=1S/C20H20BrN3/c21-16-11-9-15(10-12-16)19-22-18-8-4-3-7-17(18)20(23-19)24-13-5-1-2-6-14-24/h3-4,7-12H,1-2,5-6,13-14H2. The van der Waals surface area contributed by atoms with Crippen molar-refractivity contribution in [3.8, 4) is 11.4 Å². The summed E-state index contributed by atoms with van der Waals surface area (Å²) in [6.45, 7) is 2.17. The molecule has 122 valence electrons. The fraction of sp³-hybridized carbons (Fsp3) is 0.300. The fourth-order valence-electron chi connectivity index (χ4n) is 3.31. The Morgan fingerprint density at radius 3 is 2.25 bits per heavy atom. The van der Waals surface area contributed by atoms with Crippen LogP contribution in [0, 0.1) is 0 Å². The number of para-hydroxylation sites is 1. The largest absolute Gasteiger partial charge is 0.356 e. The molecule has 24 heavy (non-hydrogen) atoms. The molecule has 1 fully saturated rings. The second kappa shape index (κ2) is 6.89. The van der Waals surface area contributed by atoms with Crippen molar-refractivity contribution in [1.29, 1.82) is 0 Å². The molecule has 3 aromatic rings. The molecule has 0 spiro atoms. The molecule has 2 heterocycles. The van der Waals surface area contributed by atoms with Gasteiger partial charge in [-0.2, -0.15) is 0 Å². The van der Waals surface area contributed by atoms with Crippen LogP contribution in [-0.2, 0) is 0 Å². The zero-order chi connectivity index (χ0) is 16.4. The van der Waals surface area contributed by atoms with Gasteiger partial charge in [-0.1, -0.05) is 53.0 Å². The first-order chi connectivity index (χ1) is 11.8. The topological polar surface area (TPSA) is 29.0 Å². The van der Waals surface area contributed by atoms with Crippen LogP contribution < -0.4 is 4.90 Å². The summed E-state index contributed by atoms with van der Waals surface area (Å²) < 4.78 is 1.07. The smallest absolute Gasteiger partial charge is 0.162 e. The third-order valence-corrected chi connectivity index (χ3v) is 5.12. The van der Waals surface area contributed by atoms with Crippen molar-refractivity contribution in [3.05, 3.63) is 53.0 Å². The number of halogens is 1. The van der Waals surface area contributed by atoms with Crippen LogP contribution >= 0.6 is 15.9 Å². The molecular weight excluding hydrogens is 362 g/mol. The summed E-state index contributed by atoms with van der Waals surface area (Å²) in [5, 5.41) is 1.15. The Morgan fingerprint density at radius 1 is 0.792 bits per heavy atom.